The Kier molecular flexibility index (Phi) is 4.23. The third-order valence-electron chi connectivity index (χ3n) is 4.86. The number of aliphatic hydroxyl groups is 1. The molecule has 2 fully saturated rings. The highest BCUT2D eigenvalue weighted by molar-refractivity contribution is 5.88. The van der Waals surface area contributed by atoms with Gasteiger partial charge in [-0.2, -0.15) is 0 Å². The summed E-state index contributed by atoms with van der Waals surface area (Å²) in [7, 11) is 0. The quantitative estimate of drug-likeness (QED) is 0.751. The van der Waals surface area contributed by atoms with Crippen molar-refractivity contribution < 1.29 is 24.1 Å². The van der Waals surface area contributed by atoms with Gasteiger partial charge in [-0.15, -0.1) is 5.10 Å². The summed E-state index contributed by atoms with van der Waals surface area (Å²) in [4.78, 5) is 14.9. The summed E-state index contributed by atoms with van der Waals surface area (Å²) in [5.74, 6) is -0.772. The van der Waals surface area contributed by atoms with Crippen LogP contribution in [-0.4, -0.2) is 57.3 Å². The molecule has 2 aromatic rings. The predicted octanol–water partition coefficient (Wildman–Crippen LogP) is -0.286. The Balaban J connectivity index is 1.51. The molecular formula is C17H20N4O5. The van der Waals surface area contributed by atoms with Crippen molar-refractivity contribution in [3.05, 3.63) is 47.5 Å². The summed E-state index contributed by atoms with van der Waals surface area (Å²) < 4.78 is 19.1. The first-order valence-corrected chi connectivity index (χ1v) is 8.32. The zero-order chi connectivity index (χ0) is 18.3. The molecule has 3 N–H and O–H groups in total. The second-order valence-electron chi connectivity index (χ2n) is 6.55. The molecule has 4 atom stereocenters. The predicted molar refractivity (Wildman–Crippen MR) is 88.0 cm³/mol. The van der Waals surface area contributed by atoms with Crippen LogP contribution in [0.4, 0.5) is 0 Å². The van der Waals surface area contributed by atoms with Gasteiger partial charge in [0.15, 0.2) is 0 Å². The van der Waals surface area contributed by atoms with E-state index in [-0.39, 0.29) is 25.8 Å². The fraction of sp³-hybridized carbons (Fsp3) is 0.471. The number of aliphatic hydroxyl groups excluding tert-OH is 1. The van der Waals surface area contributed by atoms with Gasteiger partial charge in [0.05, 0.1) is 13.2 Å². The van der Waals surface area contributed by atoms with Crippen LogP contribution < -0.4 is 5.73 Å². The number of amides is 1. The number of hydrogen-bond acceptors (Lipinski definition) is 7. The summed E-state index contributed by atoms with van der Waals surface area (Å²) >= 11 is 0. The minimum absolute atomic E-state index is 0.0637. The lowest BCUT2D eigenvalue weighted by molar-refractivity contribution is -0.0822. The fourth-order valence-electron chi connectivity index (χ4n) is 3.53. The molecule has 2 aliphatic rings. The average Bonchev–Trinajstić information content (AvgIpc) is 3.30. The van der Waals surface area contributed by atoms with Crippen molar-refractivity contribution >= 4 is 5.91 Å². The number of rotatable bonds is 5. The van der Waals surface area contributed by atoms with Gasteiger partial charge in [-0.25, -0.2) is 9.67 Å². The molecule has 1 amide bonds. The molecular weight excluding hydrogens is 340 g/mol. The van der Waals surface area contributed by atoms with Crippen molar-refractivity contribution in [2.45, 2.75) is 37.6 Å². The lowest BCUT2D eigenvalue weighted by atomic mass is 9.84. The third-order valence-corrected chi connectivity index (χ3v) is 4.86. The van der Waals surface area contributed by atoms with Crippen molar-refractivity contribution in [2.24, 2.45) is 5.73 Å². The average molecular weight is 360 g/mol. The van der Waals surface area contributed by atoms with Crippen molar-refractivity contribution in [3.8, 4) is 0 Å². The van der Waals surface area contributed by atoms with E-state index >= 15 is 0 Å². The molecule has 26 heavy (non-hydrogen) atoms. The van der Waals surface area contributed by atoms with E-state index in [4.69, 9.17) is 19.9 Å². The van der Waals surface area contributed by atoms with Gasteiger partial charge in [0.2, 0.25) is 5.82 Å². The number of primary amides is 1. The van der Waals surface area contributed by atoms with Crippen molar-refractivity contribution in [3.63, 3.8) is 0 Å². The van der Waals surface area contributed by atoms with Crippen LogP contribution in [0.2, 0.25) is 0 Å². The summed E-state index contributed by atoms with van der Waals surface area (Å²) in [5, 5.41) is 14.5. The normalized spacial score (nSPS) is 30.5. The van der Waals surface area contributed by atoms with Crippen LogP contribution in [-0.2, 0) is 26.5 Å². The van der Waals surface area contributed by atoms with E-state index in [0.717, 1.165) is 11.1 Å². The number of fused-ring (bicyclic) bond motifs is 1. The highest BCUT2D eigenvalue weighted by Gasteiger charge is 2.61. The summed E-state index contributed by atoms with van der Waals surface area (Å²) in [5.41, 5.74) is 6.18. The second kappa shape index (κ2) is 6.44. The topological polar surface area (TPSA) is 122 Å². The molecule has 4 rings (SSSR count). The van der Waals surface area contributed by atoms with Crippen LogP contribution in [0, 0.1) is 6.92 Å². The minimum Gasteiger partial charge on any atom is -0.387 e. The maximum atomic E-state index is 11.1. The Bertz CT molecular complexity index is 808. The number of ether oxygens (including phenoxy) is 3. The van der Waals surface area contributed by atoms with Gasteiger partial charge in [0, 0.05) is 0 Å². The van der Waals surface area contributed by atoms with Gasteiger partial charge >= 0.3 is 0 Å². The standard InChI is InChI=1S/C17H20N4O5/c1-10-2-4-11(5-3-10)17-13(22)7-24-14(17)12(6-26-17)25-9-21-8-19-16(20-21)15(18)23/h2-5,8,12-14,22H,6-7,9H2,1H3,(H2,18,23)/t12-,13+,14-,17-/m1/s1. The van der Waals surface area contributed by atoms with Crippen LogP contribution in [0.1, 0.15) is 21.7 Å². The SMILES string of the molecule is Cc1ccc([C@]23OC[C@@H](OCn4cnc(C(N)=O)n4)[C@H]2OC[C@@H]3O)cc1. The van der Waals surface area contributed by atoms with E-state index in [1.807, 2.05) is 31.2 Å². The molecule has 1 aromatic heterocycles. The zero-order valence-corrected chi connectivity index (χ0v) is 14.2. The van der Waals surface area contributed by atoms with Crippen LogP contribution in [0.3, 0.4) is 0 Å². The van der Waals surface area contributed by atoms with E-state index < -0.39 is 29.8 Å². The number of benzene rings is 1. The Morgan fingerprint density at radius 3 is 2.88 bits per heavy atom. The first kappa shape index (κ1) is 17.1. The Morgan fingerprint density at radius 1 is 1.42 bits per heavy atom. The van der Waals surface area contributed by atoms with Crippen molar-refractivity contribution in [1.29, 1.82) is 0 Å². The van der Waals surface area contributed by atoms with Gasteiger partial charge in [0.1, 0.15) is 37.0 Å². The lowest BCUT2D eigenvalue weighted by Crippen LogP contribution is -2.44. The number of carbonyl (C=O) groups is 1. The smallest absolute Gasteiger partial charge is 0.288 e. The highest BCUT2D eigenvalue weighted by Crippen LogP contribution is 2.46. The molecule has 2 saturated heterocycles. The van der Waals surface area contributed by atoms with Gasteiger partial charge in [-0.05, 0) is 12.5 Å². The Hall–Kier alpha value is -2.33. The van der Waals surface area contributed by atoms with Crippen LogP contribution >= 0.6 is 0 Å². The highest BCUT2D eigenvalue weighted by atomic mass is 16.6. The lowest BCUT2D eigenvalue weighted by Gasteiger charge is -2.31. The molecule has 0 bridgehead atoms. The summed E-state index contributed by atoms with van der Waals surface area (Å²) in [6.07, 6.45) is -0.251. The summed E-state index contributed by atoms with van der Waals surface area (Å²) in [6.45, 7) is 2.51. The molecule has 3 heterocycles. The zero-order valence-electron chi connectivity index (χ0n) is 14.2. The van der Waals surface area contributed by atoms with Crippen molar-refractivity contribution in [2.75, 3.05) is 13.2 Å². The monoisotopic (exact) mass is 360 g/mol. The molecule has 9 heteroatoms. The van der Waals surface area contributed by atoms with E-state index in [2.05, 4.69) is 10.1 Å². The molecule has 1 aromatic carbocycles. The number of nitrogens with two attached hydrogens (primary N) is 1. The first-order valence-electron chi connectivity index (χ1n) is 8.32. The fourth-order valence-corrected chi connectivity index (χ4v) is 3.53. The molecule has 0 radical (unpaired) electrons. The van der Waals surface area contributed by atoms with Crippen LogP contribution in [0.15, 0.2) is 30.6 Å². The maximum Gasteiger partial charge on any atom is 0.288 e. The first-order chi connectivity index (χ1) is 12.5. The van der Waals surface area contributed by atoms with Gasteiger partial charge in [-0.1, -0.05) is 29.8 Å². The molecule has 0 unspecified atom stereocenters. The number of nitrogens with zero attached hydrogens (tertiary/aromatic N) is 3. The Labute approximate surface area is 149 Å². The molecule has 2 aliphatic heterocycles. The number of aromatic nitrogens is 3. The second-order valence-corrected chi connectivity index (χ2v) is 6.55. The largest absolute Gasteiger partial charge is 0.387 e. The number of aryl methyl sites for hydroxylation is 1. The minimum atomic E-state index is -0.945. The van der Waals surface area contributed by atoms with Gasteiger partial charge < -0.3 is 25.1 Å². The van der Waals surface area contributed by atoms with E-state index in [0.29, 0.717) is 0 Å². The molecule has 0 aliphatic carbocycles. The van der Waals surface area contributed by atoms with E-state index in [1.165, 1.54) is 11.0 Å². The molecule has 9 nitrogen and oxygen atoms in total. The maximum absolute atomic E-state index is 11.1. The molecule has 0 saturated carbocycles. The van der Waals surface area contributed by atoms with Gasteiger partial charge in [-0.3, -0.25) is 4.79 Å². The van der Waals surface area contributed by atoms with Crippen LogP contribution in [0.25, 0.3) is 0 Å². The number of hydrogen-bond donors (Lipinski definition) is 2. The van der Waals surface area contributed by atoms with Crippen LogP contribution in [0.5, 0.6) is 0 Å². The van der Waals surface area contributed by atoms with Gasteiger partial charge in [0.25, 0.3) is 5.91 Å². The van der Waals surface area contributed by atoms with Crippen molar-refractivity contribution in [1.82, 2.24) is 14.8 Å². The number of carbonyl (C=O) groups excluding carboxylic acids is 1. The summed E-state index contributed by atoms with van der Waals surface area (Å²) in [6, 6.07) is 7.84. The van der Waals surface area contributed by atoms with E-state index in [1.54, 1.807) is 0 Å². The Morgan fingerprint density at radius 2 is 2.19 bits per heavy atom. The molecule has 138 valence electrons. The van der Waals surface area contributed by atoms with E-state index in [9.17, 15) is 9.90 Å². The third kappa shape index (κ3) is 2.69. The molecule has 0 spiro atoms.